The number of hydrogen-bond donors (Lipinski definition) is 1. The van der Waals surface area contributed by atoms with E-state index in [1.165, 1.54) is 41.5 Å². The van der Waals surface area contributed by atoms with E-state index in [-0.39, 0.29) is 29.4 Å². The number of nitrogens with zero attached hydrogens (tertiary/aromatic N) is 1. The number of Topliss-reactive ketones (excluding diaryl/α,β-unsaturated/α-hetero) is 1. The second-order valence-corrected chi connectivity index (χ2v) is 6.73. The molecule has 3 aromatic rings. The maximum atomic E-state index is 13.4. The van der Waals surface area contributed by atoms with Gasteiger partial charge in [-0.05, 0) is 54.6 Å². The smallest absolute Gasteiger partial charge is 0.300 e. The Bertz CT molecular complexity index is 1180. The van der Waals surface area contributed by atoms with Crippen molar-refractivity contribution in [2.45, 2.75) is 6.04 Å². The Labute approximate surface area is 169 Å². The standard InChI is InChI=1S/C22H14FNO6/c23-13-4-6-14(7-5-13)24-19(16-2-1-9-28-16)18(21(26)22(24)27)20(25)12-3-8-15-17(10-12)30-11-29-15/h1-10,19,25H,11H2/b20-18-. The number of aliphatic hydroxyl groups is 1. The number of halogens is 1. The van der Waals surface area contributed by atoms with Crippen molar-refractivity contribution >= 4 is 23.1 Å². The van der Waals surface area contributed by atoms with Crippen LogP contribution in [-0.2, 0) is 9.59 Å². The fraction of sp³-hybridized carbons (Fsp3) is 0.0909. The van der Waals surface area contributed by atoms with Gasteiger partial charge in [0, 0.05) is 11.3 Å². The van der Waals surface area contributed by atoms with Gasteiger partial charge >= 0.3 is 0 Å². The van der Waals surface area contributed by atoms with Crippen LogP contribution >= 0.6 is 0 Å². The van der Waals surface area contributed by atoms with Crippen molar-refractivity contribution in [1.82, 2.24) is 0 Å². The van der Waals surface area contributed by atoms with E-state index in [0.29, 0.717) is 17.2 Å². The molecule has 0 aliphatic carbocycles. The fourth-order valence-corrected chi connectivity index (χ4v) is 3.62. The highest BCUT2D eigenvalue weighted by molar-refractivity contribution is 6.51. The molecule has 0 bridgehead atoms. The van der Waals surface area contributed by atoms with E-state index in [1.807, 2.05) is 0 Å². The SMILES string of the molecule is O=C1C(=O)N(c2ccc(F)cc2)C(c2ccco2)/C1=C(/O)c1ccc2c(c1)OCO2. The van der Waals surface area contributed by atoms with Crippen molar-refractivity contribution in [2.24, 2.45) is 0 Å². The lowest BCUT2D eigenvalue weighted by atomic mass is 9.99. The topological polar surface area (TPSA) is 89.2 Å². The van der Waals surface area contributed by atoms with Crippen LogP contribution < -0.4 is 14.4 Å². The summed E-state index contributed by atoms with van der Waals surface area (Å²) in [5, 5.41) is 11.0. The molecule has 1 fully saturated rings. The molecule has 30 heavy (non-hydrogen) atoms. The Morgan fingerprint density at radius 2 is 1.80 bits per heavy atom. The van der Waals surface area contributed by atoms with E-state index in [1.54, 1.807) is 24.3 Å². The van der Waals surface area contributed by atoms with Crippen LogP contribution in [-0.4, -0.2) is 23.6 Å². The van der Waals surface area contributed by atoms with Crippen LogP contribution in [0.1, 0.15) is 17.4 Å². The monoisotopic (exact) mass is 407 g/mol. The summed E-state index contributed by atoms with van der Waals surface area (Å²) in [5.74, 6) is -1.38. The number of carbonyl (C=O) groups is 2. The number of aliphatic hydroxyl groups excluding tert-OH is 1. The highest BCUT2D eigenvalue weighted by Gasteiger charge is 2.48. The number of benzene rings is 2. The van der Waals surface area contributed by atoms with E-state index in [9.17, 15) is 19.1 Å². The van der Waals surface area contributed by atoms with Gasteiger partial charge in [0.2, 0.25) is 6.79 Å². The number of rotatable bonds is 3. The minimum Gasteiger partial charge on any atom is -0.507 e. The van der Waals surface area contributed by atoms with E-state index in [0.717, 1.165) is 0 Å². The van der Waals surface area contributed by atoms with Crippen LogP contribution in [0.2, 0.25) is 0 Å². The summed E-state index contributed by atoms with van der Waals surface area (Å²) in [5.41, 5.74) is 0.440. The summed E-state index contributed by atoms with van der Waals surface area (Å²) >= 11 is 0. The number of carbonyl (C=O) groups excluding carboxylic acids is 2. The Morgan fingerprint density at radius 3 is 2.53 bits per heavy atom. The zero-order valence-corrected chi connectivity index (χ0v) is 15.4. The molecule has 1 N–H and O–H groups in total. The molecule has 0 saturated carbocycles. The Kier molecular flexibility index (Phi) is 4.06. The lowest BCUT2D eigenvalue weighted by Crippen LogP contribution is -2.29. The van der Waals surface area contributed by atoms with Gasteiger partial charge < -0.3 is 19.0 Å². The maximum Gasteiger partial charge on any atom is 0.300 e. The fourth-order valence-electron chi connectivity index (χ4n) is 3.62. The summed E-state index contributed by atoms with van der Waals surface area (Å²) in [7, 11) is 0. The van der Waals surface area contributed by atoms with Crippen molar-refractivity contribution in [3.63, 3.8) is 0 Å². The van der Waals surface area contributed by atoms with Gasteiger partial charge in [0.1, 0.15) is 23.4 Å². The number of furan rings is 1. The van der Waals surface area contributed by atoms with Gasteiger partial charge in [0.25, 0.3) is 11.7 Å². The van der Waals surface area contributed by atoms with Gasteiger partial charge in [-0.3, -0.25) is 14.5 Å². The van der Waals surface area contributed by atoms with E-state index >= 15 is 0 Å². The molecule has 1 amide bonds. The summed E-state index contributed by atoms with van der Waals surface area (Å²) in [6.07, 6.45) is 1.40. The third-order valence-electron chi connectivity index (χ3n) is 5.01. The Morgan fingerprint density at radius 1 is 1.03 bits per heavy atom. The van der Waals surface area contributed by atoms with Crippen LogP contribution in [0, 0.1) is 5.82 Å². The van der Waals surface area contributed by atoms with Crippen molar-refractivity contribution in [3.8, 4) is 11.5 Å². The van der Waals surface area contributed by atoms with Crippen molar-refractivity contribution < 1.29 is 33.0 Å². The maximum absolute atomic E-state index is 13.4. The van der Waals surface area contributed by atoms with Gasteiger partial charge in [0.05, 0.1) is 11.8 Å². The molecule has 1 saturated heterocycles. The number of anilines is 1. The summed E-state index contributed by atoms with van der Waals surface area (Å²) in [6, 6.07) is 12.0. The molecule has 2 aliphatic rings. The van der Waals surface area contributed by atoms with Gasteiger partial charge in [-0.2, -0.15) is 0 Å². The van der Waals surface area contributed by atoms with Crippen LogP contribution in [0.4, 0.5) is 10.1 Å². The van der Waals surface area contributed by atoms with Crippen molar-refractivity contribution in [2.75, 3.05) is 11.7 Å². The molecule has 2 aromatic carbocycles. The van der Waals surface area contributed by atoms with Gasteiger partial charge in [-0.1, -0.05) is 0 Å². The first-order chi connectivity index (χ1) is 14.5. The molecule has 150 valence electrons. The molecule has 0 radical (unpaired) electrons. The molecule has 2 aliphatic heterocycles. The van der Waals surface area contributed by atoms with Gasteiger partial charge in [0.15, 0.2) is 11.5 Å². The number of amides is 1. The molecule has 0 spiro atoms. The number of ether oxygens (including phenoxy) is 2. The average Bonchev–Trinajstić information content (AvgIpc) is 3.48. The normalized spacial score (nSPS) is 19.5. The second-order valence-electron chi connectivity index (χ2n) is 6.73. The molecular formula is C22H14FNO6. The molecule has 1 unspecified atom stereocenters. The predicted octanol–water partition coefficient (Wildman–Crippen LogP) is 3.77. The highest BCUT2D eigenvalue weighted by Crippen LogP contribution is 2.43. The summed E-state index contributed by atoms with van der Waals surface area (Å²) in [6.45, 7) is 0.0564. The van der Waals surface area contributed by atoms with E-state index in [4.69, 9.17) is 13.9 Å². The van der Waals surface area contributed by atoms with Crippen LogP contribution in [0.3, 0.4) is 0 Å². The molecular weight excluding hydrogens is 393 g/mol. The number of fused-ring (bicyclic) bond motifs is 1. The lowest BCUT2D eigenvalue weighted by molar-refractivity contribution is -0.132. The van der Waals surface area contributed by atoms with Crippen LogP contribution in [0.5, 0.6) is 11.5 Å². The first-order valence-corrected chi connectivity index (χ1v) is 9.04. The minimum absolute atomic E-state index is 0.0564. The molecule has 3 heterocycles. The molecule has 8 heteroatoms. The van der Waals surface area contributed by atoms with Crippen LogP contribution in [0.15, 0.2) is 70.9 Å². The summed E-state index contributed by atoms with van der Waals surface area (Å²) in [4.78, 5) is 27.0. The first kappa shape index (κ1) is 18.0. The van der Waals surface area contributed by atoms with Crippen molar-refractivity contribution in [1.29, 1.82) is 0 Å². The van der Waals surface area contributed by atoms with Crippen LogP contribution in [0.25, 0.3) is 5.76 Å². The van der Waals surface area contributed by atoms with Crippen molar-refractivity contribution in [3.05, 3.63) is 83.6 Å². The third-order valence-corrected chi connectivity index (χ3v) is 5.01. The van der Waals surface area contributed by atoms with Gasteiger partial charge in [-0.25, -0.2) is 4.39 Å². The third kappa shape index (κ3) is 2.73. The lowest BCUT2D eigenvalue weighted by Gasteiger charge is -2.23. The Balaban J connectivity index is 1.68. The van der Waals surface area contributed by atoms with E-state index in [2.05, 4.69) is 0 Å². The van der Waals surface area contributed by atoms with Gasteiger partial charge in [-0.15, -0.1) is 0 Å². The molecule has 1 atom stereocenters. The highest BCUT2D eigenvalue weighted by atomic mass is 19.1. The first-order valence-electron chi connectivity index (χ1n) is 9.04. The molecule has 7 nitrogen and oxygen atoms in total. The molecule has 5 rings (SSSR count). The predicted molar refractivity (Wildman–Crippen MR) is 102 cm³/mol. The number of ketones is 1. The second kappa shape index (κ2) is 6.77. The zero-order valence-electron chi connectivity index (χ0n) is 15.4. The summed E-state index contributed by atoms with van der Waals surface area (Å²) < 4.78 is 29.5. The zero-order chi connectivity index (χ0) is 20.8. The largest absolute Gasteiger partial charge is 0.507 e. The Hall–Kier alpha value is -4.07. The average molecular weight is 407 g/mol. The van der Waals surface area contributed by atoms with E-state index < -0.39 is 23.5 Å². The number of hydrogen-bond acceptors (Lipinski definition) is 6. The quantitative estimate of drug-likeness (QED) is 0.404. The minimum atomic E-state index is -1.02. The molecule has 1 aromatic heterocycles.